The summed E-state index contributed by atoms with van der Waals surface area (Å²) >= 11 is 0. The van der Waals surface area contributed by atoms with Crippen LogP contribution >= 0.6 is 0 Å². The SMILES string of the molecule is COC(=O)c1ccc(NC(=O)CCn2cnc3c(C)cccc3c2=O)cc1. The molecule has 0 atom stereocenters. The van der Waals surface area contributed by atoms with Crippen LogP contribution in [0.1, 0.15) is 22.3 Å². The summed E-state index contributed by atoms with van der Waals surface area (Å²) in [5.41, 5.74) is 2.41. The average Bonchev–Trinajstić information content (AvgIpc) is 2.68. The van der Waals surface area contributed by atoms with E-state index in [0.717, 1.165) is 5.56 Å². The van der Waals surface area contributed by atoms with Gasteiger partial charge in [0.1, 0.15) is 0 Å². The van der Waals surface area contributed by atoms with Gasteiger partial charge in [0.25, 0.3) is 5.56 Å². The normalized spacial score (nSPS) is 10.6. The van der Waals surface area contributed by atoms with Gasteiger partial charge >= 0.3 is 5.97 Å². The minimum absolute atomic E-state index is 0.123. The van der Waals surface area contributed by atoms with E-state index in [1.54, 1.807) is 30.3 Å². The van der Waals surface area contributed by atoms with Crippen molar-refractivity contribution in [2.24, 2.45) is 0 Å². The van der Waals surface area contributed by atoms with Gasteiger partial charge in [-0.15, -0.1) is 0 Å². The molecule has 0 saturated carbocycles. The lowest BCUT2D eigenvalue weighted by Crippen LogP contribution is -2.23. The molecule has 0 aliphatic heterocycles. The molecule has 3 rings (SSSR count). The number of ether oxygens (including phenoxy) is 1. The van der Waals surface area contributed by atoms with Crippen molar-refractivity contribution in [3.8, 4) is 0 Å². The number of carbonyl (C=O) groups is 2. The number of amides is 1. The van der Waals surface area contributed by atoms with Crippen LogP contribution in [0.15, 0.2) is 53.6 Å². The second-order valence-corrected chi connectivity index (χ2v) is 6.08. The van der Waals surface area contributed by atoms with Crippen LogP contribution in [0.5, 0.6) is 0 Å². The maximum atomic E-state index is 12.5. The van der Waals surface area contributed by atoms with Crippen molar-refractivity contribution < 1.29 is 14.3 Å². The summed E-state index contributed by atoms with van der Waals surface area (Å²) in [5, 5.41) is 3.27. The van der Waals surface area contributed by atoms with Crippen molar-refractivity contribution in [1.29, 1.82) is 0 Å². The summed E-state index contributed by atoms with van der Waals surface area (Å²) in [6, 6.07) is 11.8. The van der Waals surface area contributed by atoms with E-state index in [1.807, 2.05) is 19.1 Å². The van der Waals surface area contributed by atoms with Crippen LogP contribution in [-0.2, 0) is 16.1 Å². The monoisotopic (exact) mass is 365 g/mol. The predicted octanol–water partition coefficient (Wildman–Crippen LogP) is 2.52. The highest BCUT2D eigenvalue weighted by Crippen LogP contribution is 2.12. The van der Waals surface area contributed by atoms with E-state index in [4.69, 9.17) is 0 Å². The molecule has 0 spiro atoms. The quantitative estimate of drug-likeness (QED) is 0.702. The Morgan fingerprint density at radius 1 is 1.15 bits per heavy atom. The van der Waals surface area contributed by atoms with Gasteiger partial charge in [-0.3, -0.25) is 14.2 Å². The van der Waals surface area contributed by atoms with Crippen LogP contribution in [0, 0.1) is 6.92 Å². The van der Waals surface area contributed by atoms with E-state index in [1.165, 1.54) is 18.0 Å². The molecule has 27 heavy (non-hydrogen) atoms. The van der Waals surface area contributed by atoms with Gasteiger partial charge < -0.3 is 10.1 Å². The molecular weight excluding hydrogens is 346 g/mol. The highest BCUT2D eigenvalue weighted by atomic mass is 16.5. The molecule has 0 aliphatic rings. The van der Waals surface area contributed by atoms with E-state index in [-0.39, 0.29) is 24.4 Å². The first-order valence-electron chi connectivity index (χ1n) is 8.42. The van der Waals surface area contributed by atoms with Gasteiger partial charge in [-0.1, -0.05) is 12.1 Å². The lowest BCUT2D eigenvalue weighted by molar-refractivity contribution is -0.116. The number of nitrogens with one attached hydrogen (secondary N) is 1. The second kappa shape index (κ2) is 7.82. The first-order chi connectivity index (χ1) is 13.0. The fourth-order valence-corrected chi connectivity index (χ4v) is 2.75. The third-order valence-electron chi connectivity index (χ3n) is 4.22. The van der Waals surface area contributed by atoms with Crippen molar-refractivity contribution in [2.75, 3.05) is 12.4 Å². The number of esters is 1. The Bertz CT molecular complexity index is 1060. The fraction of sp³-hybridized carbons (Fsp3) is 0.200. The van der Waals surface area contributed by atoms with Crippen molar-refractivity contribution in [3.63, 3.8) is 0 Å². The standard InChI is InChI=1S/C20H19N3O4/c1-13-4-3-5-16-18(13)21-12-23(19(16)25)11-10-17(24)22-15-8-6-14(7-9-15)20(26)27-2/h3-9,12H,10-11H2,1-2H3,(H,22,24). The Morgan fingerprint density at radius 2 is 1.89 bits per heavy atom. The minimum atomic E-state index is -0.439. The maximum Gasteiger partial charge on any atom is 0.337 e. The lowest BCUT2D eigenvalue weighted by Gasteiger charge is -2.09. The largest absolute Gasteiger partial charge is 0.465 e. The first kappa shape index (κ1) is 18.3. The number of carbonyl (C=O) groups excluding carboxylic acids is 2. The molecule has 0 fully saturated rings. The maximum absolute atomic E-state index is 12.5. The number of benzene rings is 2. The van der Waals surface area contributed by atoms with Crippen LogP contribution in [0.2, 0.25) is 0 Å². The molecule has 7 heteroatoms. The Kier molecular flexibility index (Phi) is 5.30. The zero-order valence-corrected chi connectivity index (χ0v) is 15.1. The molecule has 3 aromatic rings. The van der Waals surface area contributed by atoms with Gasteiger partial charge in [0.2, 0.25) is 5.91 Å². The summed E-state index contributed by atoms with van der Waals surface area (Å²) in [6.45, 7) is 2.12. The number of methoxy groups -OCH3 is 1. The average molecular weight is 365 g/mol. The molecule has 1 amide bonds. The molecular formula is C20H19N3O4. The molecule has 0 bridgehead atoms. The Balaban J connectivity index is 1.66. The van der Waals surface area contributed by atoms with E-state index >= 15 is 0 Å². The van der Waals surface area contributed by atoms with Crippen molar-refractivity contribution in [3.05, 3.63) is 70.3 Å². The summed E-state index contributed by atoms with van der Waals surface area (Å²) in [6.07, 6.45) is 1.59. The summed E-state index contributed by atoms with van der Waals surface area (Å²) < 4.78 is 6.06. The number of fused-ring (bicyclic) bond motifs is 1. The third kappa shape index (κ3) is 4.03. The third-order valence-corrected chi connectivity index (χ3v) is 4.22. The van der Waals surface area contributed by atoms with Crippen LogP contribution in [0.3, 0.4) is 0 Å². The Morgan fingerprint density at radius 3 is 2.59 bits per heavy atom. The molecule has 0 aliphatic carbocycles. The number of hydrogen-bond donors (Lipinski definition) is 1. The van der Waals surface area contributed by atoms with Crippen molar-refractivity contribution in [2.45, 2.75) is 19.9 Å². The van der Waals surface area contributed by atoms with Crippen molar-refractivity contribution in [1.82, 2.24) is 9.55 Å². The summed E-state index contributed by atoms with van der Waals surface area (Å²) in [7, 11) is 1.31. The highest BCUT2D eigenvalue weighted by molar-refractivity contribution is 5.93. The van der Waals surface area contributed by atoms with E-state index < -0.39 is 5.97 Å². The molecule has 1 N–H and O–H groups in total. The van der Waals surface area contributed by atoms with E-state index in [9.17, 15) is 14.4 Å². The van der Waals surface area contributed by atoms with Crippen LogP contribution in [0.4, 0.5) is 5.69 Å². The molecule has 138 valence electrons. The molecule has 1 heterocycles. The van der Waals surface area contributed by atoms with E-state index in [0.29, 0.717) is 22.2 Å². The number of aromatic nitrogens is 2. The lowest BCUT2D eigenvalue weighted by atomic mass is 10.1. The van der Waals surface area contributed by atoms with Gasteiger partial charge in [0.05, 0.1) is 29.9 Å². The number of rotatable bonds is 5. The van der Waals surface area contributed by atoms with Crippen LogP contribution in [-0.4, -0.2) is 28.5 Å². The first-order valence-corrected chi connectivity index (χ1v) is 8.42. The van der Waals surface area contributed by atoms with Crippen LogP contribution < -0.4 is 10.9 Å². The number of anilines is 1. The highest BCUT2D eigenvalue weighted by Gasteiger charge is 2.09. The molecule has 0 radical (unpaired) electrons. The van der Waals surface area contributed by atoms with Gasteiger partial charge in [-0.05, 0) is 42.8 Å². The number of nitrogens with zero attached hydrogens (tertiary/aromatic N) is 2. The number of para-hydroxylation sites is 1. The van der Waals surface area contributed by atoms with E-state index in [2.05, 4.69) is 15.0 Å². The molecule has 7 nitrogen and oxygen atoms in total. The van der Waals surface area contributed by atoms with Gasteiger partial charge in [0, 0.05) is 18.7 Å². The Labute approximate surface area is 155 Å². The number of aryl methyl sites for hydroxylation is 2. The van der Waals surface area contributed by atoms with Crippen LogP contribution in [0.25, 0.3) is 10.9 Å². The zero-order valence-electron chi connectivity index (χ0n) is 15.1. The van der Waals surface area contributed by atoms with Gasteiger partial charge in [-0.25, -0.2) is 9.78 Å². The van der Waals surface area contributed by atoms with Crippen molar-refractivity contribution >= 4 is 28.5 Å². The van der Waals surface area contributed by atoms with Gasteiger partial charge in [-0.2, -0.15) is 0 Å². The molecule has 2 aromatic carbocycles. The molecule has 0 unspecified atom stereocenters. The summed E-state index contributed by atoms with van der Waals surface area (Å²) in [5.74, 6) is -0.677. The second-order valence-electron chi connectivity index (χ2n) is 6.08. The topological polar surface area (TPSA) is 90.3 Å². The Hall–Kier alpha value is -3.48. The zero-order chi connectivity index (χ0) is 19.4. The number of hydrogen-bond acceptors (Lipinski definition) is 5. The summed E-state index contributed by atoms with van der Waals surface area (Å²) in [4.78, 5) is 40.4. The smallest absolute Gasteiger partial charge is 0.337 e. The minimum Gasteiger partial charge on any atom is -0.465 e. The molecule has 1 aromatic heterocycles. The predicted molar refractivity (Wildman–Crippen MR) is 102 cm³/mol. The van der Waals surface area contributed by atoms with Gasteiger partial charge in [0.15, 0.2) is 0 Å². The fourth-order valence-electron chi connectivity index (χ4n) is 2.75. The molecule has 0 saturated heterocycles.